The Morgan fingerprint density at radius 3 is 2.02 bits per heavy atom. The van der Waals surface area contributed by atoms with E-state index in [4.69, 9.17) is 10.8 Å². The van der Waals surface area contributed by atoms with Crippen LogP contribution >= 0.6 is 0 Å². The van der Waals surface area contributed by atoms with Crippen LogP contribution in [0.5, 0.6) is 0 Å². The first kappa shape index (κ1) is 42.4. The fourth-order valence-corrected chi connectivity index (χ4v) is 5.56. The summed E-state index contributed by atoms with van der Waals surface area (Å²) >= 11 is 0. The molecular formula is C37H48N8O9. The molecule has 54 heavy (non-hydrogen) atoms. The van der Waals surface area contributed by atoms with E-state index in [1.807, 2.05) is 24.0 Å². The van der Waals surface area contributed by atoms with E-state index in [9.17, 15) is 38.7 Å². The number of amides is 5. The van der Waals surface area contributed by atoms with Crippen LogP contribution in [0.15, 0.2) is 70.9 Å². The number of nitrogens with zero attached hydrogens (tertiary/aromatic N) is 4. The molecule has 0 saturated carbocycles. The topological polar surface area (TPSA) is 253 Å². The van der Waals surface area contributed by atoms with Crippen LogP contribution in [0.1, 0.15) is 58.8 Å². The number of nitrogens with one attached hydrogen (secondary N) is 3. The Labute approximate surface area is 313 Å². The van der Waals surface area contributed by atoms with E-state index >= 15 is 0 Å². The normalized spacial score (nSPS) is 14.1. The highest BCUT2D eigenvalue weighted by molar-refractivity contribution is 6.12. The van der Waals surface area contributed by atoms with Gasteiger partial charge in [-0.2, -0.15) is 10.2 Å². The monoisotopic (exact) mass is 748 g/mol. The van der Waals surface area contributed by atoms with Crippen LogP contribution in [-0.4, -0.2) is 94.9 Å². The Hall–Kier alpha value is -5.97. The molecule has 7 N–H and O–H groups in total. The second-order valence-electron chi connectivity index (χ2n) is 12.7. The van der Waals surface area contributed by atoms with Crippen molar-refractivity contribution in [3.63, 3.8) is 0 Å². The minimum atomic E-state index is -1.34. The largest absolute Gasteiger partial charge is 0.481 e. The molecule has 5 amide bonds. The summed E-state index contributed by atoms with van der Waals surface area (Å²) in [6.07, 6.45) is 3.73. The third-order valence-corrected chi connectivity index (χ3v) is 8.61. The number of hydrogen-bond donors (Lipinski definition) is 6. The van der Waals surface area contributed by atoms with Crippen LogP contribution in [0, 0.1) is 5.92 Å². The van der Waals surface area contributed by atoms with Crippen molar-refractivity contribution in [2.45, 2.75) is 70.9 Å². The van der Waals surface area contributed by atoms with E-state index in [-0.39, 0.29) is 56.4 Å². The number of benzene rings is 2. The maximum absolute atomic E-state index is 13.3. The number of carbonyl (C=O) groups excluding carboxylic acids is 5. The molecule has 0 aromatic heterocycles. The summed E-state index contributed by atoms with van der Waals surface area (Å²) in [7, 11) is 0. The van der Waals surface area contributed by atoms with Gasteiger partial charge in [0.15, 0.2) is 0 Å². The van der Waals surface area contributed by atoms with Gasteiger partial charge < -0.3 is 36.8 Å². The van der Waals surface area contributed by atoms with Crippen molar-refractivity contribution in [1.29, 1.82) is 0 Å². The Bertz CT molecular complexity index is 1680. The number of carboxylic acids is 2. The van der Waals surface area contributed by atoms with E-state index in [1.54, 1.807) is 36.4 Å². The summed E-state index contributed by atoms with van der Waals surface area (Å²) in [4.78, 5) is 86.8. The summed E-state index contributed by atoms with van der Waals surface area (Å²) in [5.41, 5.74) is 7.96. The van der Waals surface area contributed by atoms with E-state index in [0.29, 0.717) is 49.5 Å². The van der Waals surface area contributed by atoms with E-state index in [0.717, 1.165) is 5.69 Å². The molecule has 0 radical (unpaired) electrons. The number of carboxylic acid groups (broad SMARTS) is 2. The Morgan fingerprint density at radius 2 is 1.46 bits per heavy atom. The molecule has 1 aliphatic heterocycles. The predicted molar refractivity (Wildman–Crippen MR) is 199 cm³/mol. The summed E-state index contributed by atoms with van der Waals surface area (Å²) in [6.45, 7) is 5.21. The lowest BCUT2D eigenvalue weighted by Crippen LogP contribution is -2.43. The maximum atomic E-state index is 13.3. The minimum absolute atomic E-state index is 0.0368. The summed E-state index contributed by atoms with van der Waals surface area (Å²) < 4.78 is 0. The Balaban J connectivity index is 1.55. The quantitative estimate of drug-likeness (QED) is 0.0546. The van der Waals surface area contributed by atoms with Gasteiger partial charge in [0.25, 0.3) is 11.8 Å². The smallest absolute Gasteiger partial charge is 0.320 e. The van der Waals surface area contributed by atoms with Crippen LogP contribution in [-0.2, 0) is 33.6 Å². The SMILES string of the molecule is CCN(CCN1C(=O)C=CC1=O)c1ccc(N=Nc2ccc(NC(=O)[C@H](CCCCNC(C)=O)NC(=O)CCC[C@H](CC(N)C(=O)O)C(=O)O)cc2)cc1. The zero-order chi connectivity index (χ0) is 39.6. The highest BCUT2D eigenvalue weighted by atomic mass is 16.4. The van der Waals surface area contributed by atoms with E-state index < -0.39 is 41.8 Å². The minimum Gasteiger partial charge on any atom is -0.481 e. The molecule has 1 heterocycles. The molecule has 17 nitrogen and oxygen atoms in total. The number of likely N-dealkylation sites (N-methyl/N-ethyl adjacent to an activating group) is 1. The van der Waals surface area contributed by atoms with Crippen molar-refractivity contribution < 1.29 is 43.8 Å². The fourth-order valence-electron chi connectivity index (χ4n) is 5.56. The molecule has 290 valence electrons. The van der Waals surface area contributed by atoms with Gasteiger partial charge in [-0.15, -0.1) is 0 Å². The van der Waals surface area contributed by atoms with Crippen molar-refractivity contribution >= 4 is 64.2 Å². The van der Waals surface area contributed by atoms with E-state index in [2.05, 4.69) is 26.2 Å². The zero-order valence-corrected chi connectivity index (χ0v) is 30.4. The number of azo groups is 1. The van der Waals surface area contributed by atoms with Crippen molar-refractivity contribution in [3.05, 3.63) is 60.7 Å². The Kier molecular flexibility index (Phi) is 16.9. The number of anilines is 2. The molecule has 0 spiro atoms. The van der Waals surface area contributed by atoms with Crippen molar-refractivity contribution in [1.82, 2.24) is 15.5 Å². The lowest BCUT2D eigenvalue weighted by Gasteiger charge is -2.25. The molecule has 2 aromatic rings. The number of rotatable bonds is 23. The van der Waals surface area contributed by atoms with Crippen LogP contribution in [0.25, 0.3) is 0 Å². The Morgan fingerprint density at radius 1 is 0.852 bits per heavy atom. The molecule has 0 aliphatic carbocycles. The molecule has 3 atom stereocenters. The van der Waals surface area contributed by atoms with Crippen LogP contribution in [0.4, 0.5) is 22.7 Å². The number of nitrogens with two attached hydrogens (primary N) is 1. The van der Waals surface area contributed by atoms with Crippen LogP contribution < -0.4 is 26.6 Å². The molecule has 1 aliphatic rings. The second kappa shape index (κ2) is 21.5. The van der Waals surface area contributed by atoms with Crippen molar-refractivity contribution in [2.75, 3.05) is 36.4 Å². The van der Waals surface area contributed by atoms with Gasteiger partial charge in [-0.1, -0.05) is 0 Å². The molecule has 17 heteroatoms. The van der Waals surface area contributed by atoms with Gasteiger partial charge in [-0.3, -0.25) is 38.5 Å². The maximum Gasteiger partial charge on any atom is 0.320 e. The first-order valence-electron chi connectivity index (χ1n) is 17.7. The summed E-state index contributed by atoms with van der Waals surface area (Å²) in [6, 6.07) is 11.7. The number of aliphatic carboxylic acids is 2. The zero-order valence-electron chi connectivity index (χ0n) is 30.4. The number of hydrogen-bond acceptors (Lipinski definition) is 11. The molecule has 0 fully saturated rings. The molecule has 0 bridgehead atoms. The average Bonchev–Trinajstić information content (AvgIpc) is 3.46. The van der Waals surface area contributed by atoms with Crippen molar-refractivity contribution in [2.24, 2.45) is 21.9 Å². The molecule has 2 aromatic carbocycles. The molecule has 0 saturated heterocycles. The van der Waals surface area contributed by atoms with Crippen LogP contribution in [0.3, 0.4) is 0 Å². The summed E-state index contributed by atoms with van der Waals surface area (Å²) in [5.74, 6) is -5.29. The first-order valence-corrected chi connectivity index (χ1v) is 17.7. The molecule has 3 rings (SSSR count). The van der Waals surface area contributed by atoms with Crippen LogP contribution in [0.2, 0.25) is 0 Å². The third kappa shape index (κ3) is 14.2. The second-order valence-corrected chi connectivity index (χ2v) is 12.7. The predicted octanol–water partition coefficient (Wildman–Crippen LogP) is 3.26. The average molecular weight is 749 g/mol. The highest BCUT2D eigenvalue weighted by Crippen LogP contribution is 2.24. The highest BCUT2D eigenvalue weighted by Gasteiger charge is 2.26. The van der Waals surface area contributed by atoms with Gasteiger partial charge in [0.1, 0.15) is 12.1 Å². The summed E-state index contributed by atoms with van der Waals surface area (Å²) in [5, 5.41) is 35.2. The van der Waals surface area contributed by atoms with Gasteiger partial charge in [0, 0.05) is 63.1 Å². The number of imide groups is 1. The molecule has 1 unspecified atom stereocenters. The standard InChI is InChI=1S/C37H48N8O9/c1-3-44(21-22-45-33(48)18-19-34(45)49)29-16-14-28(15-17-29)43-42-27-12-10-26(11-13-27)40-35(50)31(8-4-5-20-39-24(2)46)41-32(47)9-6-7-25(36(51)52)23-30(38)37(53)54/h10-19,25,30-31H,3-9,20-23,38H2,1-2H3,(H,39,46)(H,40,50)(H,41,47)(H,51,52)(H,53,54)/t25-,30?,31+/m1/s1. The first-order chi connectivity index (χ1) is 25.8. The van der Waals surface area contributed by atoms with E-state index in [1.165, 1.54) is 24.0 Å². The van der Waals surface area contributed by atoms with Gasteiger partial charge in [-0.25, -0.2) is 0 Å². The van der Waals surface area contributed by atoms with Gasteiger partial charge >= 0.3 is 11.9 Å². The lowest BCUT2D eigenvalue weighted by molar-refractivity contribution is -0.144. The molecular weight excluding hydrogens is 700 g/mol. The number of unbranched alkanes of at least 4 members (excludes halogenated alkanes) is 1. The third-order valence-electron chi connectivity index (χ3n) is 8.61. The van der Waals surface area contributed by atoms with Gasteiger partial charge in [-0.05, 0) is 94.0 Å². The lowest BCUT2D eigenvalue weighted by atomic mass is 9.94. The van der Waals surface area contributed by atoms with Crippen molar-refractivity contribution in [3.8, 4) is 0 Å². The van der Waals surface area contributed by atoms with Gasteiger partial charge in [0.2, 0.25) is 17.7 Å². The fraction of sp³-hybridized carbons (Fsp3) is 0.432. The number of carbonyl (C=O) groups is 7. The van der Waals surface area contributed by atoms with Gasteiger partial charge in [0.05, 0.1) is 17.3 Å².